The summed E-state index contributed by atoms with van der Waals surface area (Å²) >= 11 is 0. The molecule has 172 valence electrons. The maximum atomic E-state index is 9.41. The van der Waals surface area contributed by atoms with Crippen LogP contribution in [0, 0.1) is 0 Å². The molecule has 2 N–H and O–H groups in total. The minimum absolute atomic E-state index is 0. The molecular formula is C24H47ClN2O2. The lowest BCUT2D eigenvalue weighted by Crippen LogP contribution is -2.32. The molecule has 0 spiro atoms. The van der Waals surface area contributed by atoms with Gasteiger partial charge in [-0.15, -0.1) is 12.4 Å². The van der Waals surface area contributed by atoms with Gasteiger partial charge in [-0.25, -0.2) is 0 Å². The van der Waals surface area contributed by atoms with Gasteiger partial charge >= 0.3 is 0 Å². The summed E-state index contributed by atoms with van der Waals surface area (Å²) in [6.07, 6.45) is 23.2. The average molecular weight is 431 g/mol. The topological polar surface area (TPSA) is 56.1 Å². The average Bonchev–Trinajstić information content (AvgIpc) is 3.23. The van der Waals surface area contributed by atoms with Crippen LogP contribution in [0.4, 0.5) is 0 Å². The van der Waals surface area contributed by atoms with E-state index in [1.54, 1.807) is 0 Å². The zero-order valence-corrected chi connectivity index (χ0v) is 19.7. The molecule has 0 saturated carbocycles. The van der Waals surface area contributed by atoms with E-state index in [1.807, 2.05) is 6.34 Å². The smallest absolute Gasteiger partial charge is 0.0856 e. The number of hydrogen-bond acceptors (Lipinski definition) is 4. The van der Waals surface area contributed by atoms with E-state index in [2.05, 4.69) is 22.9 Å². The number of hydrogen-bond donors (Lipinski definition) is 2. The summed E-state index contributed by atoms with van der Waals surface area (Å²) in [4.78, 5) is 6.52. The fourth-order valence-corrected chi connectivity index (χ4v) is 4.02. The Balaban J connectivity index is 0.00000784. The highest BCUT2D eigenvalue weighted by Gasteiger charge is 2.16. The van der Waals surface area contributed by atoms with E-state index >= 15 is 0 Å². The van der Waals surface area contributed by atoms with Crippen molar-refractivity contribution in [1.82, 2.24) is 4.90 Å². The first-order valence-electron chi connectivity index (χ1n) is 12.0. The Labute approximate surface area is 186 Å². The third kappa shape index (κ3) is 15.0. The normalized spacial score (nSPS) is 15.0. The molecule has 1 aliphatic rings. The molecule has 4 nitrogen and oxygen atoms in total. The van der Waals surface area contributed by atoms with Crippen molar-refractivity contribution in [3.05, 3.63) is 11.6 Å². The molecule has 0 bridgehead atoms. The lowest BCUT2D eigenvalue weighted by molar-refractivity contribution is 0.248. The SMILES string of the molecule is CCCCCCCCCCCCCCC(=CC(CCO)N1C=NCC1)CCO.Cl. The molecule has 1 rings (SSSR count). The Kier molecular flexibility index (Phi) is 20.3. The van der Waals surface area contributed by atoms with Gasteiger partial charge in [-0.05, 0) is 25.7 Å². The van der Waals surface area contributed by atoms with Crippen LogP contribution in [0.5, 0.6) is 0 Å². The van der Waals surface area contributed by atoms with Gasteiger partial charge in [-0.3, -0.25) is 4.99 Å². The Morgan fingerprint density at radius 1 is 0.897 bits per heavy atom. The van der Waals surface area contributed by atoms with Crippen LogP contribution in [0.3, 0.4) is 0 Å². The number of unbranched alkanes of at least 4 members (excludes halogenated alkanes) is 11. The first-order chi connectivity index (χ1) is 13.8. The Morgan fingerprint density at radius 2 is 1.48 bits per heavy atom. The van der Waals surface area contributed by atoms with E-state index in [1.165, 1.54) is 82.6 Å². The third-order valence-corrected chi connectivity index (χ3v) is 5.78. The van der Waals surface area contributed by atoms with Crippen molar-refractivity contribution in [1.29, 1.82) is 0 Å². The van der Waals surface area contributed by atoms with Crippen LogP contribution in [0.25, 0.3) is 0 Å². The molecule has 0 fully saturated rings. The highest BCUT2D eigenvalue weighted by Crippen LogP contribution is 2.19. The van der Waals surface area contributed by atoms with E-state index in [4.69, 9.17) is 0 Å². The van der Waals surface area contributed by atoms with Crippen molar-refractivity contribution in [2.75, 3.05) is 26.3 Å². The first kappa shape index (κ1) is 28.4. The van der Waals surface area contributed by atoms with Gasteiger partial charge in [0.2, 0.25) is 0 Å². The van der Waals surface area contributed by atoms with Gasteiger partial charge < -0.3 is 15.1 Å². The fourth-order valence-electron chi connectivity index (χ4n) is 4.02. The predicted molar refractivity (Wildman–Crippen MR) is 128 cm³/mol. The maximum Gasteiger partial charge on any atom is 0.0856 e. The zero-order chi connectivity index (χ0) is 20.3. The number of rotatable bonds is 19. The highest BCUT2D eigenvalue weighted by molar-refractivity contribution is 5.85. The maximum absolute atomic E-state index is 9.41. The van der Waals surface area contributed by atoms with Gasteiger partial charge in [0.1, 0.15) is 0 Å². The summed E-state index contributed by atoms with van der Waals surface area (Å²) in [5.41, 5.74) is 1.34. The molecule has 0 radical (unpaired) electrons. The standard InChI is InChI=1S/C24H46N2O2.ClH/c1-2-3-4-5-6-7-8-9-10-11-12-13-14-23(15-19-27)21-24(16-20-28)26-18-17-25-22-26;/h21-22,24,27-28H,2-20H2,1H3;1H. The number of aliphatic hydroxyl groups is 2. The molecule has 0 saturated heterocycles. The summed E-state index contributed by atoms with van der Waals surface area (Å²) in [6.45, 7) is 4.47. The van der Waals surface area contributed by atoms with Crippen LogP contribution in [0.15, 0.2) is 16.6 Å². The van der Waals surface area contributed by atoms with Crippen LogP contribution in [0.2, 0.25) is 0 Å². The molecule has 1 aliphatic heterocycles. The second-order valence-electron chi connectivity index (χ2n) is 8.28. The van der Waals surface area contributed by atoms with E-state index < -0.39 is 0 Å². The van der Waals surface area contributed by atoms with Gasteiger partial charge in [0, 0.05) is 19.8 Å². The van der Waals surface area contributed by atoms with Crippen molar-refractivity contribution in [2.45, 2.75) is 109 Å². The summed E-state index contributed by atoms with van der Waals surface area (Å²) in [6, 6.07) is 0.218. The Morgan fingerprint density at radius 3 is 1.97 bits per heavy atom. The van der Waals surface area contributed by atoms with Crippen molar-refractivity contribution < 1.29 is 10.2 Å². The zero-order valence-electron chi connectivity index (χ0n) is 18.9. The van der Waals surface area contributed by atoms with Gasteiger partial charge in [-0.1, -0.05) is 89.2 Å². The second kappa shape index (κ2) is 20.7. The van der Waals surface area contributed by atoms with Gasteiger partial charge in [0.25, 0.3) is 0 Å². The van der Waals surface area contributed by atoms with Crippen LogP contribution < -0.4 is 0 Å². The molecule has 1 unspecified atom stereocenters. The molecule has 0 aromatic carbocycles. The van der Waals surface area contributed by atoms with Crippen molar-refractivity contribution in [3.63, 3.8) is 0 Å². The van der Waals surface area contributed by atoms with Crippen molar-refractivity contribution in [3.8, 4) is 0 Å². The monoisotopic (exact) mass is 430 g/mol. The second-order valence-corrected chi connectivity index (χ2v) is 8.28. The van der Waals surface area contributed by atoms with Gasteiger partial charge in [0.15, 0.2) is 0 Å². The first-order valence-corrected chi connectivity index (χ1v) is 12.0. The Bertz CT molecular complexity index is 416. The molecule has 5 heteroatoms. The van der Waals surface area contributed by atoms with Crippen LogP contribution in [-0.2, 0) is 0 Å². The third-order valence-electron chi connectivity index (χ3n) is 5.78. The van der Waals surface area contributed by atoms with Crippen LogP contribution in [-0.4, -0.2) is 53.8 Å². The van der Waals surface area contributed by atoms with Crippen LogP contribution >= 0.6 is 12.4 Å². The summed E-state index contributed by atoms with van der Waals surface area (Å²) in [5, 5.41) is 18.8. The molecule has 0 aromatic heterocycles. The van der Waals surface area contributed by atoms with E-state index in [9.17, 15) is 10.2 Å². The van der Waals surface area contributed by atoms with Crippen molar-refractivity contribution >= 4 is 18.7 Å². The van der Waals surface area contributed by atoms with E-state index in [0.717, 1.165) is 32.4 Å². The molecule has 0 amide bonds. The quantitative estimate of drug-likeness (QED) is 0.198. The fraction of sp³-hybridized carbons (Fsp3) is 0.875. The molecular weight excluding hydrogens is 384 g/mol. The van der Waals surface area contributed by atoms with Gasteiger partial charge in [-0.2, -0.15) is 0 Å². The van der Waals surface area contributed by atoms with Crippen molar-refractivity contribution in [2.24, 2.45) is 4.99 Å². The summed E-state index contributed by atoms with van der Waals surface area (Å²) in [5.74, 6) is 0. The lowest BCUT2D eigenvalue weighted by atomic mass is 9.99. The molecule has 0 aliphatic carbocycles. The molecule has 0 aromatic rings. The lowest BCUT2D eigenvalue weighted by Gasteiger charge is -2.24. The summed E-state index contributed by atoms with van der Waals surface area (Å²) < 4.78 is 0. The number of aliphatic hydroxyl groups excluding tert-OH is 2. The predicted octanol–water partition coefficient (Wildman–Crippen LogP) is 5.90. The Hall–Kier alpha value is -0.580. The molecule has 29 heavy (non-hydrogen) atoms. The highest BCUT2D eigenvalue weighted by atomic mass is 35.5. The minimum atomic E-state index is 0. The molecule has 1 heterocycles. The number of aliphatic imine (C=N–C) groups is 1. The number of nitrogens with zero attached hydrogens (tertiary/aromatic N) is 2. The van der Waals surface area contributed by atoms with E-state index in [-0.39, 0.29) is 31.7 Å². The minimum Gasteiger partial charge on any atom is -0.396 e. The van der Waals surface area contributed by atoms with E-state index in [0.29, 0.717) is 0 Å². The van der Waals surface area contributed by atoms with Gasteiger partial charge in [0.05, 0.1) is 18.9 Å². The van der Waals surface area contributed by atoms with Crippen LogP contribution in [0.1, 0.15) is 103 Å². The summed E-state index contributed by atoms with van der Waals surface area (Å²) in [7, 11) is 0. The number of halogens is 1. The molecule has 1 atom stereocenters. The largest absolute Gasteiger partial charge is 0.396 e.